The Morgan fingerprint density at radius 1 is 0.692 bits per heavy atom. The van der Waals surface area contributed by atoms with Crippen molar-refractivity contribution in [3.63, 3.8) is 0 Å². The zero-order chi connectivity index (χ0) is 22.1. The number of carboxylic acids is 4. The van der Waals surface area contributed by atoms with Crippen LogP contribution in [-0.4, -0.2) is 87.6 Å². The van der Waals surface area contributed by atoms with E-state index in [2.05, 4.69) is 19.8 Å². The minimum absolute atomic E-state index is 0.230. The Bertz CT molecular complexity index is 395. The van der Waals surface area contributed by atoms with E-state index in [1.807, 2.05) is 0 Å². The molecule has 0 aromatic carbocycles. The van der Waals surface area contributed by atoms with E-state index in [4.69, 9.17) is 10.2 Å². The normalized spacial score (nSPS) is 12.9. The molecule has 0 aliphatic carbocycles. The molecule has 0 aromatic rings. The van der Waals surface area contributed by atoms with Gasteiger partial charge in [0.2, 0.25) is 0 Å². The second-order valence-corrected chi connectivity index (χ2v) is 10.9. The summed E-state index contributed by atoms with van der Waals surface area (Å²) in [6.45, 7) is 1.66. The number of aliphatic hydroxyl groups is 2. The molecule has 0 saturated carbocycles. The van der Waals surface area contributed by atoms with Crippen molar-refractivity contribution in [2.45, 2.75) is 57.6 Å². The van der Waals surface area contributed by atoms with Gasteiger partial charge in [-0.2, -0.15) is 0 Å². The Hall–Kier alpha value is -0.603. The van der Waals surface area contributed by atoms with Crippen LogP contribution in [0.2, 0.25) is 19.8 Å². The predicted octanol–water partition coefficient (Wildman–Crippen LogP) is -5.17. The molecule has 2 unspecified atom stereocenters. The third-order valence-corrected chi connectivity index (χ3v) is 1.86. The van der Waals surface area contributed by atoms with Crippen molar-refractivity contribution in [2.75, 3.05) is 0 Å². The summed E-state index contributed by atoms with van der Waals surface area (Å²) in [5, 5.41) is 56.7. The molecule has 0 aliphatic rings. The van der Waals surface area contributed by atoms with E-state index in [0.717, 1.165) is 13.8 Å². The minimum atomic E-state index is -2.33. The van der Waals surface area contributed by atoms with Gasteiger partial charge in [-0.05, 0) is 13.8 Å². The van der Waals surface area contributed by atoms with E-state index < -0.39 is 47.9 Å². The number of rotatable bonds is 6. The summed E-state index contributed by atoms with van der Waals surface area (Å²) in [5.41, 5.74) is -4.67. The molecule has 0 radical (unpaired) electrons. The molecule has 10 nitrogen and oxygen atoms in total. The molecule has 0 rings (SSSR count). The van der Waals surface area contributed by atoms with Crippen LogP contribution in [0.4, 0.5) is 0 Å². The van der Waals surface area contributed by atoms with Crippen molar-refractivity contribution in [1.29, 1.82) is 0 Å². The van der Waals surface area contributed by atoms with Gasteiger partial charge in [-0.3, -0.25) is 0 Å². The molecule has 26 heavy (non-hydrogen) atoms. The first-order valence-corrected chi connectivity index (χ1v) is 18.4. The zero-order valence-corrected chi connectivity index (χ0v) is 21.3. The van der Waals surface area contributed by atoms with E-state index in [1.165, 1.54) is 0 Å². The van der Waals surface area contributed by atoms with Crippen molar-refractivity contribution in [1.82, 2.24) is 0 Å². The monoisotopic (exact) mass is 592 g/mol. The summed E-state index contributed by atoms with van der Waals surface area (Å²) in [4.78, 5) is 48.5. The molecule has 2 atom stereocenters. The summed E-state index contributed by atoms with van der Waals surface area (Å²) in [6, 6.07) is 0. The third-order valence-electron chi connectivity index (χ3n) is 1.86. The molecule has 0 aromatic heterocycles. The standard InChI is InChI=1S/2C5H8O5.4CH3.2Sn/c2*1-5(10,4(8)9)2-3(6)7;;;;;;/h2*10H,2H2,1H3,(H,6,7)(H,8,9);4*1H3;;/q;;;;;;2*+2/p-4. The first-order chi connectivity index (χ1) is 11.5. The van der Waals surface area contributed by atoms with Crippen LogP contribution < -0.4 is 20.4 Å². The van der Waals surface area contributed by atoms with Crippen LogP contribution >= 0.6 is 0 Å². The summed E-state index contributed by atoms with van der Waals surface area (Å²) in [7, 11) is 0. The second-order valence-electron chi connectivity index (χ2n) is 5.22. The second kappa shape index (κ2) is 17.8. The molecule has 2 N–H and O–H groups in total. The van der Waals surface area contributed by atoms with Crippen LogP contribution in [0.15, 0.2) is 0 Å². The molecule has 0 spiro atoms. The SMILES string of the molecule is CC(O)(CC(=O)[O-])C(=O)[O-].CC(O)(CC(=O)[O-])C(=O)[O-].[CH3][Sn+2][CH3].[CH3][Sn+2][CH3]. The van der Waals surface area contributed by atoms with Gasteiger partial charge in [-0.1, -0.05) is 0 Å². The van der Waals surface area contributed by atoms with Crippen LogP contribution in [0.25, 0.3) is 0 Å². The van der Waals surface area contributed by atoms with Crippen molar-refractivity contribution in [2.24, 2.45) is 0 Å². The Kier molecular flexibility index (Phi) is 22.6. The van der Waals surface area contributed by atoms with E-state index in [-0.39, 0.29) is 42.3 Å². The molecule has 0 amide bonds. The molecule has 12 heteroatoms. The van der Waals surface area contributed by atoms with Crippen LogP contribution in [0.1, 0.15) is 26.7 Å². The van der Waals surface area contributed by atoms with Gasteiger partial charge in [-0.15, -0.1) is 0 Å². The molecular weight excluding hydrogens is 566 g/mol. The summed E-state index contributed by atoms with van der Waals surface area (Å²) in [6.07, 6.45) is -1.93. The van der Waals surface area contributed by atoms with Gasteiger partial charge in [0.25, 0.3) is 0 Å². The number of aliphatic carboxylic acids is 4. The van der Waals surface area contributed by atoms with Gasteiger partial charge in [-0.25, -0.2) is 0 Å². The van der Waals surface area contributed by atoms with Gasteiger partial charge in [0.1, 0.15) is 11.2 Å². The fraction of sp³-hybridized carbons (Fsp3) is 0.714. The maximum atomic E-state index is 9.90. The average molecular weight is 590 g/mol. The Balaban J connectivity index is -0.000000143. The van der Waals surface area contributed by atoms with Crippen molar-refractivity contribution in [3.05, 3.63) is 0 Å². The van der Waals surface area contributed by atoms with Gasteiger partial charge in [0.05, 0.1) is 11.9 Å². The number of hydrogen-bond donors (Lipinski definition) is 2. The third kappa shape index (κ3) is 25.6. The van der Waals surface area contributed by atoms with Gasteiger partial charge < -0.3 is 49.8 Å². The molecule has 0 bridgehead atoms. The Morgan fingerprint density at radius 2 is 0.846 bits per heavy atom. The fourth-order valence-electron chi connectivity index (χ4n) is 0.706. The summed E-state index contributed by atoms with van der Waals surface area (Å²) < 4.78 is 0. The molecule has 148 valence electrons. The van der Waals surface area contributed by atoms with Crippen LogP contribution in [0.3, 0.4) is 0 Å². The Morgan fingerprint density at radius 3 is 0.885 bits per heavy atom. The number of carboxylic acid groups (broad SMARTS) is 4. The Labute approximate surface area is 173 Å². The van der Waals surface area contributed by atoms with E-state index in [0.29, 0.717) is 0 Å². The summed E-state index contributed by atoms with van der Waals surface area (Å²) in [5.74, 6) is -6.91. The van der Waals surface area contributed by atoms with Crippen molar-refractivity contribution >= 4 is 66.2 Å². The predicted molar refractivity (Wildman–Crippen MR) is 85.5 cm³/mol. The van der Waals surface area contributed by atoms with Gasteiger partial charge in [0, 0.05) is 24.8 Å². The van der Waals surface area contributed by atoms with Gasteiger partial charge in [0.15, 0.2) is 0 Å². The van der Waals surface area contributed by atoms with E-state index >= 15 is 0 Å². The van der Waals surface area contributed by atoms with Crippen molar-refractivity contribution < 1.29 is 49.8 Å². The summed E-state index contributed by atoms with van der Waals surface area (Å²) >= 11 is 0.460. The van der Waals surface area contributed by atoms with Crippen molar-refractivity contribution in [3.8, 4) is 0 Å². The first-order valence-electron chi connectivity index (χ1n) is 6.99. The molecule has 0 heterocycles. The average Bonchev–Trinajstić information content (AvgIpc) is 2.37. The van der Waals surface area contributed by atoms with Crippen LogP contribution in [0.5, 0.6) is 0 Å². The first kappa shape index (κ1) is 33.0. The maximum absolute atomic E-state index is 9.90. The van der Waals surface area contributed by atoms with Crippen LogP contribution in [-0.2, 0) is 19.2 Å². The topological polar surface area (TPSA) is 201 Å². The van der Waals surface area contributed by atoms with E-state index in [1.54, 1.807) is 0 Å². The zero-order valence-electron chi connectivity index (χ0n) is 15.6. The molecule has 0 aliphatic heterocycles. The molecule has 0 fully saturated rings. The quantitative estimate of drug-likeness (QED) is 0.282. The molecule has 0 saturated heterocycles. The van der Waals surface area contributed by atoms with E-state index in [9.17, 15) is 39.6 Å². The number of carbonyl (C=O) groups is 4. The fourth-order valence-corrected chi connectivity index (χ4v) is 0.706. The number of carbonyl (C=O) groups excluding carboxylic acids is 4. The van der Waals surface area contributed by atoms with Crippen LogP contribution in [0, 0.1) is 0 Å². The van der Waals surface area contributed by atoms with Gasteiger partial charge >= 0.3 is 62.0 Å². The number of hydrogen-bond acceptors (Lipinski definition) is 10. The molecular formula is C14H24O10Sn2.